The van der Waals surface area contributed by atoms with Crippen LogP contribution in [0.15, 0.2) is 18.2 Å². The van der Waals surface area contributed by atoms with Gasteiger partial charge in [-0.3, -0.25) is 24.6 Å². The molecule has 8 nitrogen and oxygen atoms in total. The Morgan fingerprint density at radius 1 is 1.52 bits per heavy atom. The van der Waals surface area contributed by atoms with Crippen LogP contribution in [0, 0.1) is 10.1 Å². The van der Waals surface area contributed by atoms with Gasteiger partial charge in [0.2, 0.25) is 11.8 Å². The fourth-order valence-electron chi connectivity index (χ4n) is 1.98. The Balaban J connectivity index is 2.02. The molecule has 0 unspecified atom stereocenters. The molecule has 9 heteroatoms. The average Bonchev–Trinajstić information content (AvgIpc) is 2.40. The molecule has 2 rings (SSSR count). The molecule has 0 bridgehead atoms. The van der Waals surface area contributed by atoms with E-state index in [2.05, 4.69) is 10.6 Å². The zero-order chi connectivity index (χ0) is 15.4. The maximum absolute atomic E-state index is 11.9. The second-order valence-electron chi connectivity index (χ2n) is 4.53. The summed E-state index contributed by atoms with van der Waals surface area (Å²) in [7, 11) is 0. The summed E-state index contributed by atoms with van der Waals surface area (Å²) in [6, 6.07) is 4.01. The minimum atomic E-state index is -0.615. The highest BCUT2D eigenvalue weighted by atomic mass is 35.5. The van der Waals surface area contributed by atoms with Crippen LogP contribution in [0.1, 0.15) is 0 Å². The van der Waals surface area contributed by atoms with Gasteiger partial charge >= 0.3 is 0 Å². The van der Waals surface area contributed by atoms with Crippen LogP contribution in [0.5, 0.6) is 0 Å². The number of nitro groups is 1. The summed E-state index contributed by atoms with van der Waals surface area (Å²) in [5.74, 6) is -0.568. The van der Waals surface area contributed by atoms with Crippen molar-refractivity contribution in [3.8, 4) is 0 Å². The predicted octanol–water partition coefficient (Wildman–Crippen LogP) is 0.618. The van der Waals surface area contributed by atoms with Crippen LogP contribution in [-0.4, -0.2) is 47.8 Å². The Hall–Kier alpha value is -2.19. The predicted molar refractivity (Wildman–Crippen MR) is 76.2 cm³/mol. The number of amides is 2. The van der Waals surface area contributed by atoms with Crippen molar-refractivity contribution in [2.75, 3.05) is 31.5 Å². The van der Waals surface area contributed by atoms with E-state index >= 15 is 0 Å². The number of benzene rings is 1. The number of nitro benzene ring substituents is 1. The number of hydrogen-bond acceptors (Lipinski definition) is 5. The second-order valence-corrected chi connectivity index (χ2v) is 4.96. The van der Waals surface area contributed by atoms with Crippen LogP contribution < -0.4 is 10.6 Å². The van der Waals surface area contributed by atoms with E-state index in [4.69, 9.17) is 11.6 Å². The molecule has 2 N–H and O–H groups in total. The fourth-order valence-corrected chi connectivity index (χ4v) is 2.15. The Morgan fingerprint density at radius 2 is 2.29 bits per heavy atom. The number of nitrogens with zero attached hydrogens (tertiary/aromatic N) is 2. The number of hydrogen-bond donors (Lipinski definition) is 2. The summed E-state index contributed by atoms with van der Waals surface area (Å²) in [6.07, 6.45) is 0. The SMILES string of the molecule is O=C1CN(CC(=O)Nc2ccc(Cl)cc2[N+](=O)[O-])CCN1. The lowest BCUT2D eigenvalue weighted by atomic mass is 10.2. The minimum absolute atomic E-state index is 0.00675. The van der Waals surface area contributed by atoms with Gasteiger partial charge in [-0.25, -0.2) is 0 Å². The topological polar surface area (TPSA) is 105 Å². The van der Waals surface area contributed by atoms with Crippen LogP contribution in [0.4, 0.5) is 11.4 Å². The molecule has 0 aliphatic carbocycles. The van der Waals surface area contributed by atoms with E-state index in [1.54, 1.807) is 4.90 Å². The van der Waals surface area contributed by atoms with Gasteiger partial charge in [-0.05, 0) is 12.1 Å². The highest BCUT2D eigenvalue weighted by Crippen LogP contribution is 2.27. The van der Waals surface area contributed by atoms with E-state index in [-0.39, 0.29) is 35.4 Å². The molecule has 1 heterocycles. The first kappa shape index (κ1) is 15.2. The first-order valence-corrected chi connectivity index (χ1v) is 6.56. The van der Waals surface area contributed by atoms with E-state index in [1.165, 1.54) is 18.2 Å². The van der Waals surface area contributed by atoms with E-state index in [0.29, 0.717) is 13.1 Å². The molecule has 0 saturated carbocycles. The van der Waals surface area contributed by atoms with E-state index in [1.807, 2.05) is 0 Å². The molecule has 2 amide bonds. The second kappa shape index (κ2) is 6.51. The average molecular weight is 313 g/mol. The van der Waals surface area contributed by atoms with Gasteiger partial charge in [0.25, 0.3) is 5.69 Å². The van der Waals surface area contributed by atoms with Gasteiger partial charge in [0, 0.05) is 24.2 Å². The Labute approximate surface area is 125 Å². The Kier molecular flexibility index (Phi) is 4.71. The molecule has 1 saturated heterocycles. The molecule has 0 spiro atoms. The van der Waals surface area contributed by atoms with Gasteiger partial charge in [0.05, 0.1) is 18.0 Å². The summed E-state index contributed by atoms with van der Waals surface area (Å²) >= 11 is 5.70. The van der Waals surface area contributed by atoms with Crippen molar-refractivity contribution < 1.29 is 14.5 Å². The van der Waals surface area contributed by atoms with Crippen molar-refractivity contribution in [1.82, 2.24) is 10.2 Å². The third-order valence-electron chi connectivity index (χ3n) is 2.92. The lowest BCUT2D eigenvalue weighted by Gasteiger charge is -2.25. The molecule has 0 radical (unpaired) electrons. The van der Waals surface area contributed by atoms with Crippen molar-refractivity contribution in [2.45, 2.75) is 0 Å². The van der Waals surface area contributed by atoms with Gasteiger partial charge in [-0.15, -0.1) is 0 Å². The van der Waals surface area contributed by atoms with Crippen LogP contribution >= 0.6 is 11.6 Å². The van der Waals surface area contributed by atoms with Gasteiger partial charge < -0.3 is 10.6 Å². The highest BCUT2D eigenvalue weighted by molar-refractivity contribution is 6.31. The lowest BCUT2D eigenvalue weighted by Crippen LogP contribution is -2.49. The molecule has 0 aromatic heterocycles. The van der Waals surface area contributed by atoms with Crippen LogP contribution in [0.3, 0.4) is 0 Å². The van der Waals surface area contributed by atoms with Gasteiger partial charge in [0.15, 0.2) is 0 Å². The van der Waals surface area contributed by atoms with E-state index in [0.717, 1.165) is 0 Å². The maximum Gasteiger partial charge on any atom is 0.294 e. The Morgan fingerprint density at radius 3 is 2.95 bits per heavy atom. The highest BCUT2D eigenvalue weighted by Gasteiger charge is 2.21. The van der Waals surface area contributed by atoms with Crippen molar-refractivity contribution in [3.05, 3.63) is 33.3 Å². The number of halogens is 1. The van der Waals surface area contributed by atoms with Crippen molar-refractivity contribution in [3.63, 3.8) is 0 Å². The molecule has 0 atom stereocenters. The number of anilines is 1. The van der Waals surface area contributed by atoms with E-state index in [9.17, 15) is 19.7 Å². The number of piperazine rings is 1. The molecule has 1 aliphatic heterocycles. The zero-order valence-corrected chi connectivity index (χ0v) is 11.7. The summed E-state index contributed by atoms with van der Waals surface area (Å²) in [6.45, 7) is 1.17. The Bertz CT molecular complexity index is 593. The van der Waals surface area contributed by atoms with Crippen molar-refractivity contribution >= 4 is 34.8 Å². The number of nitrogens with one attached hydrogen (secondary N) is 2. The van der Waals surface area contributed by atoms with Crippen LogP contribution in [0.2, 0.25) is 5.02 Å². The molecule has 112 valence electrons. The van der Waals surface area contributed by atoms with Crippen molar-refractivity contribution in [1.29, 1.82) is 0 Å². The first-order valence-electron chi connectivity index (χ1n) is 6.18. The molecule has 1 aromatic rings. The molecule has 21 heavy (non-hydrogen) atoms. The number of carbonyl (C=O) groups excluding carboxylic acids is 2. The normalized spacial score (nSPS) is 15.4. The third-order valence-corrected chi connectivity index (χ3v) is 3.15. The van der Waals surface area contributed by atoms with Crippen molar-refractivity contribution in [2.24, 2.45) is 0 Å². The smallest absolute Gasteiger partial charge is 0.294 e. The summed E-state index contributed by atoms with van der Waals surface area (Å²) < 4.78 is 0. The summed E-state index contributed by atoms with van der Waals surface area (Å²) in [5.41, 5.74) is -0.192. The summed E-state index contributed by atoms with van der Waals surface area (Å²) in [5, 5.41) is 16.3. The minimum Gasteiger partial charge on any atom is -0.354 e. The van der Waals surface area contributed by atoms with Crippen LogP contribution in [0.25, 0.3) is 0 Å². The first-order chi connectivity index (χ1) is 9.95. The van der Waals surface area contributed by atoms with Crippen LogP contribution in [-0.2, 0) is 9.59 Å². The number of carbonyl (C=O) groups is 2. The summed E-state index contributed by atoms with van der Waals surface area (Å²) in [4.78, 5) is 35.1. The monoisotopic (exact) mass is 312 g/mol. The van der Waals surface area contributed by atoms with E-state index < -0.39 is 10.8 Å². The van der Waals surface area contributed by atoms with Gasteiger partial charge in [-0.2, -0.15) is 0 Å². The lowest BCUT2D eigenvalue weighted by molar-refractivity contribution is -0.383. The van der Waals surface area contributed by atoms with Gasteiger partial charge in [-0.1, -0.05) is 11.6 Å². The largest absolute Gasteiger partial charge is 0.354 e. The third kappa shape index (κ3) is 4.14. The fraction of sp³-hybridized carbons (Fsp3) is 0.333. The molecule has 1 aliphatic rings. The molecular weight excluding hydrogens is 300 g/mol. The molecule has 1 fully saturated rings. The zero-order valence-electron chi connectivity index (χ0n) is 11.0. The standard InChI is InChI=1S/C12H13ClN4O4/c13-8-1-2-9(10(5-8)17(20)21)15-12(19)7-16-4-3-14-11(18)6-16/h1-2,5H,3-4,6-7H2,(H,14,18)(H,15,19). The van der Waals surface area contributed by atoms with Gasteiger partial charge in [0.1, 0.15) is 5.69 Å². The number of rotatable bonds is 4. The molecular formula is C12H13ClN4O4. The molecule has 1 aromatic carbocycles. The quantitative estimate of drug-likeness (QED) is 0.626. The maximum atomic E-state index is 11.9.